The van der Waals surface area contributed by atoms with Gasteiger partial charge >= 0.3 is 5.97 Å². The molecule has 6 nitrogen and oxygen atoms in total. The molecule has 3 N–H and O–H groups in total. The number of carbonyl (C=O) groups is 1. The van der Waals surface area contributed by atoms with Crippen LogP contribution in [0, 0.1) is 0 Å². The van der Waals surface area contributed by atoms with Crippen LogP contribution in [0.5, 0.6) is 28.7 Å². The molecule has 128 valence electrons. The summed E-state index contributed by atoms with van der Waals surface area (Å²) in [6, 6.07) is 13.4. The number of carbonyl (C=O) groups excluding carboxylic acids is 1. The lowest BCUT2D eigenvalue weighted by atomic mass is 9.77. The van der Waals surface area contributed by atoms with Crippen molar-refractivity contribution in [3.63, 3.8) is 0 Å². The van der Waals surface area contributed by atoms with Crippen molar-refractivity contribution < 1.29 is 29.6 Å². The lowest BCUT2D eigenvalue weighted by Crippen LogP contribution is -2.32. The highest BCUT2D eigenvalue weighted by Crippen LogP contribution is 2.57. The maximum Gasteiger partial charge on any atom is 0.340 e. The molecule has 2 aliphatic rings. The van der Waals surface area contributed by atoms with E-state index in [2.05, 4.69) is 0 Å². The van der Waals surface area contributed by atoms with E-state index in [4.69, 9.17) is 9.47 Å². The first-order valence-electron chi connectivity index (χ1n) is 7.91. The average molecular weight is 348 g/mol. The summed E-state index contributed by atoms with van der Waals surface area (Å²) < 4.78 is 11.7. The fourth-order valence-electron chi connectivity index (χ4n) is 3.69. The number of ether oxygens (including phenoxy) is 2. The summed E-state index contributed by atoms with van der Waals surface area (Å²) in [7, 11) is 0. The van der Waals surface area contributed by atoms with Crippen molar-refractivity contribution in [2.45, 2.75) is 5.60 Å². The van der Waals surface area contributed by atoms with Crippen molar-refractivity contribution in [3.8, 4) is 28.7 Å². The summed E-state index contributed by atoms with van der Waals surface area (Å²) in [4.78, 5) is 12.6. The highest BCUT2D eigenvalue weighted by atomic mass is 16.6. The third-order valence-electron chi connectivity index (χ3n) is 4.76. The van der Waals surface area contributed by atoms with Crippen molar-refractivity contribution >= 4 is 5.97 Å². The first kappa shape index (κ1) is 14.7. The van der Waals surface area contributed by atoms with E-state index in [1.54, 1.807) is 12.1 Å². The summed E-state index contributed by atoms with van der Waals surface area (Å²) >= 11 is 0. The summed E-state index contributed by atoms with van der Waals surface area (Å²) in [6.07, 6.45) is 0. The van der Waals surface area contributed by atoms with Crippen molar-refractivity contribution in [2.75, 3.05) is 0 Å². The van der Waals surface area contributed by atoms with Gasteiger partial charge in [-0.05, 0) is 42.5 Å². The Morgan fingerprint density at radius 3 is 1.85 bits per heavy atom. The zero-order chi connectivity index (χ0) is 18.1. The number of phenols is 3. The molecule has 2 heterocycles. The minimum atomic E-state index is -1.34. The molecule has 0 aliphatic carbocycles. The molecular weight excluding hydrogens is 336 g/mol. The minimum absolute atomic E-state index is 0.00595. The third kappa shape index (κ3) is 1.73. The number of hydrogen-bond donors (Lipinski definition) is 3. The van der Waals surface area contributed by atoms with Crippen LogP contribution < -0.4 is 4.74 Å². The Morgan fingerprint density at radius 1 is 0.692 bits per heavy atom. The van der Waals surface area contributed by atoms with Gasteiger partial charge in [0.2, 0.25) is 0 Å². The van der Waals surface area contributed by atoms with Crippen LogP contribution in [-0.2, 0) is 10.3 Å². The molecule has 0 aromatic heterocycles. The fraction of sp³-hybridized carbons (Fsp3) is 0.0500. The van der Waals surface area contributed by atoms with Crippen molar-refractivity contribution in [3.05, 3.63) is 76.9 Å². The van der Waals surface area contributed by atoms with E-state index in [1.165, 1.54) is 42.5 Å². The van der Waals surface area contributed by atoms with Gasteiger partial charge in [-0.1, -0.05) is 0 Å². The van der Waals surface area contributed by atoms with Crippen molar-refractivity contribution in [1.29, 1.82) is 0 Å². The number of fused-ring (bicyclic) bond motifs is 6. The Hall–Kier alpha value is -3.67. The van der Waals surface area contributed by atoms with Gasteiger partial charge in [0.1, 0.15) is 28.7 Å². The van der Waals surface area contributed by atoms with Gasteiger partial charge in [0.15, 0.2) is 5.60 Å². The molecule has 0 amide bonds. The molecule has 3 aromatic carbocycles. The van der Waals surface area contributed by atoms with Crippen LogP contribution in [0.4, 0.5) is 0 Å². The molecule has 0 atom stereocenters. The molecule has 6 heteroatoms. The molecule has 5 rings (SSSR count). The number of phenolic OH excluding ortho intramolecular Hbond substituents is 3. The normalized spacial score (nSPS) is 15.6. The summed E-state index contributed by atoms with van der Waals surface area (Å²) in [6.45, 7) is 0. The SMILES string of the molecule is O=C1OC2(c3ccc(O)cc3Oc3cc(O)ccc32)c2cc(O)ccc21. The molecule has 0 unspecified atom stereocenters. The number of aromatic hydroxyl groups is 3. The second-order valence-electron chi connectivity index (χ2n) is 6.26. The van der Waals surface area contributed by atoms with Crippen LogP contribution >= 0.6 is 0 Å². The molecule has 0 radical (unpaired) electrons. The zero-order valence-electron chi connectivity index (χ0n) is 13.3. The van der Waals surface area contributed by atoms with E-state index in [0.29, 0.717) is 33.8 Å². The Labute approximate surface area is 147 Å². The Balaban J connectivity index is 1.92. The van der Waals surface area contributed by atoms with Crippen LogP contribution in [0.2, 0.25) is 0 Å². The van der Waals surface area contributed by atoms with E-state index in [1.807, 2.05) is 0 Å². The molecular formula is C20H12O6. The lowest BCUT2D eigenvalue weighted by Gasteiger charge is -2.36. The second kappa shape index (κ2) is 4.70. The molecule has 0 bridgehead atoms. The number of rotatable bonds is 0. The maximum absolute atomic E-state index is 12.6. The second-order valence-corrected chi connectivity index (χ2v) is 6.26. The number of hydrogen-bond acceptors (Lipinski definition) is 6. The van der Waals surface area contributed by atoms with Crippen molar-refractivity contribution in [1.82, 2.24) is 0 Å². The Kier molecular flexibility index (Phi) is 2.65. The van der Waals surface area contributed by atoms with E-state index >= 15 is 0 Å². The van der Waals surface area contributed by atoms with E-state index in [0.717, 1.165) is 0 Å². The van der Waals surface area contributed by atoms with Crippen LogP contribution in [0.15, 0.2) is 54.6 Å². The predicted octanol–water partition coefficient (Wildman–Crippen LogP) is 3.37. The van der Waals surface area contributed by atoms with Crippen LogP contribution in [0.1, 0.15) is 27.0 Å². The molecule has 26 heavy (non-hydrogen) atoms. The summed E-state index contributed by atoms with van der Waals surface area (Å²) in [5.41, 5.74) is 0.514. The molecule has 0 saturated heterocycles. The molecule has 0 fully saturated rings. The van der Waals surface area contributed by atoms with Gasteiger partial charge in [-0.25, -0.2) is 4.79 Å². The van der Waals surface area contributed by atoms with Crippen molar-refractivity contribution in [2.24, 2.45) is 0 Å². The summed E-state index contributed by atoms with van der Waals surface area (Å²) in [5, 5.41) is 29.7. The van der Waals surface area contributed by atoms with E-state index in [-0.39, 0.29) is 17.2 Å². The van der Waals surface area contributed by atoms with E-state index < -0.39 is 11.6 Å². The fourth-order valence-corrected chi connectivity index (χ4v) is 3.69. The van der Waals surface area contributed by atoms with Gasteiger partial charge in [-0.2, -0.15) is 0 Å². The standard InChI is InChI=1S/C20H12O6/c21-10-1-4-13-16(7-10)20(26-19(13)24)14-5-2-11(22)8-17(14)25-18-9-12(23)3-6-15(18)20/h1-9,21-23H. The molecule has 0 saturated carbocycles. The topological polar surface area (TPSA) is 96.2 Å². The van der Waals surface area contributed by atoms with Gasteiger partial charge < -0.3 is 24.8 Å². The molecule has 3 aromatic rings. The molecule has 1 spiro atoms. The van der Waals surface area contributed by atoms with Crippen LogP contribution in [0.3, 0.4) is 0 Å². The monoisotopic (exact) mass is 348 g/mol. The predicted molar refractivity (Wildman–Crippen MR) is 89.7 cm³/mol. The average Bonchev–Trinajstić information content (AvgIpc) is 2.87. The largest absolute Gasteiger partial charge is 0.508 e. The maximum atomic E-state index is 12.6. The third-order valence-corrected chi connectivity index (χ3v) is 4.76. The Bertz CT molecular complexity index is 1050. The van der Waals surface area contributed by atoms with Gasteiger partial charge in [0.25, 0.3) is 0 Å². The van der Waals surface area contributed by atoms with Gasteiger partial charge in [-0.3, -0.25) is 0 Å². The Morgan fingerprint density at radius 2 is 1.23 bits per heavy atom. The van der Waals surface area contributed by atoms with Gasteiger partial charge in [0, 0.05) is 28.8 Å². The summed E-state index contributed by atoms with van der Waals surface area (Å²) in [5.74, 6) is 0.0404. The first-order chi connectivity index (χ1) is 12.5. The minimum Gasteiger partial charge on any atom is -0.508 e. The quantitative estimate of drug-likeness (QED) is 0.539. The highest BCUT2D eigenvalue weighted by Gasteiger charge is 2.53. The van der Waals surface area contributed by atoms with Gasteiger partial charge in [-0.15, -0.1) is 0 Å². The smallest absolute Gasteiger partial charge is 0.340 e. The lowest BCUT2D eigenvalue weighted by molar-refractivity contribution is 0.0224. The van der Waals surface area contributed by atoms with Gasteiger partial charge in [0.05, 0.1) is 5.56 Å². The zero-order valence-corrected chi connectivity index (χ0v) is 13.3. The number of esters is 1. The van der Waals surface area contributed by atoms with Crippen LogP contribution in [0.25, 0.3) is 0 Å². The van der Waals surface area contributed by atoms with E-state index in [9.17, 15) is 20.1 Å². The van der Waals surface area contributed by atoms with Crippen LogP contribution in [-0.4, -0.2) is 21.3 Å². The first-order valence-corrected chi connectivity index (χ1v) is 7.91. The number of benzene rings is 3. The highest BCUT2D eigenvalue weighted by molar-refractivity contribution is 5.97. The molecule has 2 aliphatic heterocycles.